The van der Waals surface area contributed by atoms with Gasteiger partial charge in [0.1, 0.15) is 0 Å². The quantitative estimate of drug-likeness (QED) is 0.640. The molecule has 0 aromatic heterocycles. The molecule has 0 fully saturated rings. The fourth-order valence-corrected chi connectivity index (χ4v) is 1.53. The highest BCUT2D eigenvalue weighted by molar-refractivity contribution is 5.62. The molecule has 0 saturated heterocycles. The first-order chi connectivity index (χ1) is 5.42. The van der Waals surface area contributed by atoms with Gasteiger partial charge in [-0.25, -0.2) is 0 Å². The first-order valence-electron chi connectivity index (χ1n) is 3.89. The van der Waals surface area contributed by atoms with Gasteiger partial charge < -0.3 is 5.73 Å². The summed E-state index contributed by atoms with van der Waals surface area (Å²) in [7, 11) is 0. The molecule has 2 rings (SSSR count). The number of rotatable bonds is 1. The van der Waals surface area contributed by atoms with Crippen LogP contribution in [0.25, 0.3) is 6.08 Å². The molecule has 0 amide bonds. The average molecular weight is 145 g/mol. The summed E-state index contributed by atoms with van der Waals surface area (Å²) in [6.45, 7) is 0.716. The molecule has 56 valence electrons. The van der Waals surface area contributed by atoms with Crippen LogP contribution in [0.3, 0.4) is 0 Å². The lowest BCUT2D eigenvalue weighted by atomic mass is 10.0. The van der Waals surface area contributed by atoms with E-state index in [1.54, 1.807) is 0 Å². The Labute approximate surface area is 66.5 Å². The van der Waals surface area contributed by atoms with Crippen LogP contribution >= 0.6 is 0 Å². The lowest BCUT2D eigenvalue weighted by molar-refractivity contribution is 0.863. The predicted octanol–water partition coefficient (Wildman–Crippen LogP) is 1.76. The van der Waals surface area contributed by atoms with Crippen molar-refractivity contribution in [3.05, 3.63) is 41.5 Å². The fourth-order valence-electron chi connectivity index (χ4n) is 1.53. The Kier molecular flexibility index (Phi) is 1.51. The molecular formula is C10H11N. The summed E-state index contributed by atoms with van der Waals surface area (Å²) in [5.74, 6) is 0.450. The smallest absolute Gasteiger partial charge is 0.0150 e. The minimum absolute atomic E-state index is 0.450. The van der Waals surface area contributed by atoms with E-state index < -0.39 is 0 Å². The molecule has 0 bridgehead atoms. The van der Waals surface area contributed by atoms with Crippen molar-refractivity contribution < 1.29 is 0 Å². The predicted molar refractivity (Wildman–Crippen MR) is 47.3 cm³/mol. The number of nitrogens with two attached hydrogens (primary N) is 1. The van der Waals surface area contributed by atoms with E-state index >= 15 is 0 Å². The molecule has 1 aromatic rings. The van der Waals surface area contributed by atoms with Crippen molar-refractivity contribution in [3.63, 3.8) is 0 Å². The third-order valence-electron chi connectivity index (χ3n) is 2.16. The van der Waals surface area contributed by atoms with Gasteiger partial charge >= 0.3 is 0 Å². The van der Waals surface area contributed by atoms with Gasteiger partial charge in [0.15, 0.2) is 0 Å². The highest BCUT2D eigenvalue weighted by atomic mass is 14.5. The summed E-state index contributed by atoms with van der Waals surface area (Å²) in [6.07, 6.45) is 4.32. The highest BCUT2D eigenvalue weighted by Crippen LogP contribution is 2.28. The van der Waals surface area contributed by atoms with E-state index in [9.17, 15) is 0 Å². The summed E-state index contributed by atoms with van der Waals surface area (Å²) in [4.78, 5) is 0. The van der Waals surface area contributed by atoms with Gasteiger partial charge in [0, 0.05) is 12.5 Å². The van der Waals surface area contributed by atoms with E-state index in [-0.39, 0.29) is 0 Å². The van der Waals surface area contributed by atoms with E-state index in [4.69, 9.17) is 5.73 Å². The zero-order chi connectivity index (χ0) is 7.68. The second-order valence-electron chi connectivity index (χ2n) is 2.83. The van der Waals surface area contributed by atoms with Crippen molar-refractivity contribution in [1.82, 2.24) is 0 Å². The average Bonchev–Trinajstić information content (AvgIpc) is 2.47. The normalized spacial score (nSPS) is 20.3. The zero-order valence-corrected chi connectivity index (χ0v) is 6.33. The Hall–Kier alpha value is -1.08. The summed E-state index contributed by atoms with van der Waals surface area (Å²) < 4.78 is 0. The Bertz CT molecular complexity index is 289. The highest BCUT2D eigenvalue weighted by Gasteiger charge is 2.13. The van der Waals surface area contributed by atoms with Crippen LogP contribution in [-0.2, 0) is 0 Å². The molecule has 2 N–H and O–H groups in total. The molecule has 1 atom stereocenters. The van der Waals surface area contributed by atoms with Gasteiger partial charge in [0.2, 0.25) is 0 Å². The standard InChI is InChI=1S/C10H11N/c11-7-9-6-5-8-3-1-2-4-10(8)9/h1-6,9H,7,11H2. The van der Waals surface area contributed by atoms with Gasteiger partial charge in [-0.05, 0) is 11.1 Å². The van der Waals surface area contributed by atoms with Crippen LogP contribution in [0.1, 0.15) is 17.0 Å². The molecule has 1 aliphatic carbocycles. The number of hydrogen-bond donors (Lipinski definition) is 1. The Morgan fingerprint density at radius 1 is 1.27 bits per heavy atom. The molecule has 1 nitrogen and oxygen atoms in total. The monoisotopic (exact) mass is 145 g/mol. The molecule has 1 aliphatic rings. The van der Waals surface area contributed by atoms with Crippen molar-refractivity contribution in [3.8, 4) is 0 Å². The second kappa shape index (κ2) is 2.51. The topological polar surface area (TPSA) is 26.0 Å². The lowest BCUT2D eigenvalue weighted by Crippen LogP contribution is -2.08. The van der Waals surface area contributed by atoms with Crippen LogP contribution in [-0.4, -0.2) is 6.54 Å². The first kappa shape index (κ1) is 6.62. The largest absolute Gasteiger partial charge is 0.330 e. The SMILES string of the molecule is NCC1C=Cc2ccccc21. The van der Waals surface area contributed by atoms with Crippen LogP contribution in [0.5, 0.6) is 0 Å². The maximum atomic E-state index is 5.60. The van der Waals surface area contributed by atoms with Gasteiger partial charge in [-0.1, -0.05) is 36.4 Å². The molecule has 0 spiro atoms. The van der Waals surface area contributed by atoms with Gasteiger partial charge in [-0.15, -0.1) is 0 Å². The molecule has 1 unspecified atom stereocenters. The van der Waals surface area contributed by atoms with Crippen molar-refractivity contribution in [2.75, 3.05) is 6.54 Å². The van der Waals surface area contributed by atoms with E-state index in [0.29, 0.717) is 12.5 Å². The number of benzene rings is 1. The molecule has 1 heteroatoms. The van der Waals surface area contributed by atoms with Crippen molar-refractivity contribution in [1.29, 1.82) is 0 Å². The minimum Gasteiger partial charge on any atom is -0.330 e. The summed E-state index contributed by atoms with van der Waals surface area (Å²) in [5, 5.41) is 0. The minimum atomic E-state index is 0.450. The number of hydrogen-bond acceptors (Lipinski definition) is 1. The molecule has 0 aliphatic heterocycles. The zero-order valence-electron chi connectivity index (χ0n) is 6.33. The van der Waals surface area contributed by atoms with Crippen molar-refractivity contribution in [2.45, 2.75) is 5.92 Å². The maximum absolute atomic E-state index is 5.60. The summed E-state index contributed by atoms with van der Waals surface area (Å²) in [6, 6.07) is 8.39. The first-order valence-corrected chi connectivity index (χ1v) is 3.89. The van der Waals surface area contributed by atoms with Gasteiger partial charge in [0.05, 0.1) is 0 Å². The van der Waals surface area contributed by atoms with Crippen molar-refractivity contribution >= 4 is 6.08 Å². The molecule has 0 heterocycles. The Balaban J connectivity index is 2.46. The van der Waals surface area contributed by atoms with E-state index in [2.05, 4.69) is 36.4 Å². The van der Waals surface area contributed by atoms with Crippen LogP contribution in [0, 0.1) is 0 Å². The van der Waals surface area contributed by atoms with E-state index in [0.717, 1.165) is 0 Å². The van der Waals surface area contributed by atoms with Crippen LogP contribution in [0.4, 0.5) is 0 Å². The molecule has 11 heavy (non-hydrogen) atoms. The summed E-state index contributed by atoms with van der Waals surface area (Å²) in [5.41, 5.74) is 8.29. The third kappa shape index (κ3) is 0.976. The Morgan fingerprint density at radius 3 is 2.91 bits per heavy atom. The third-order valence-corrected chi connectivity index (χ3v) is 2.16. The maximum Gasteiger partial charge on any atom is 0.0150 e. The molecular weight excluding hydrogens is 134 g/mol. The van der Waals surface area contributed by atoms with Gasteiger partial charge in [-0.2, -0.15) is 0 Å². The van der Waals surface area contributed by atoms with Crippen molar-refractivity contribution in [2.24, 2.45) is 5.73 Å². The van der Waals surface area contributed by atoms with Gasteiger partial charge in [0.25, 0.3) is 0 Å². The lowest BCUT2D eigenvalue weighted by Gasteiger charge is -2.05. The molecule has 0 radical (unpaired) electrons. The second-order valence-corrected chi connectivity index (χ2v) is 2.83. The molecule has 0 saturated carbocycles. The van der Waals surface area contributed by atoms with E-state index in [1.165, 1.54) is 11.1 Å². The van der Waals surface area contributed by atoms with Crippen LogP contribution in [0.2, 0.25) is 0 Å². The Morgan fingerprint density at radius 2 is 2.09 bits per heavy atom. The fraction of sp³-hybridized carbons (Fsp3) is 0.200. The molecule has 1 aromatic carbocycles. The summed E-state index contributed by atoms with van der Waals surface area (Å²) >= 11 is 0. The van der Waals surface area contributed by atoms with Crippen LogP contribution in [0.15, 0.2) is 30.3 Å². The van der Waals surface area contributed by atoms with E-state index in [1.807, 2.05) is 0 Å². The van der Waals surface area contributed by atoms with Gasteiger partial charge in [-0.3, -0.25) is 0 Å². The van der Waals surface area contributed by atoms with Crippen LogP contribution < -0.4 is 5.73 Å². The number of fused-ring (bicyclic) bond motifs is 1.